The van der Waals surface area contributed by atoms with Crippen molar-refractivity contribution in [1.82, 2.24) is 14.2 Å². The van der Waals surface area contributed by atoms with Crippen LogP contribution in [0.1, 0.15) is 36.7 Å². The molecule has 0 aliphatic carbocycles. The van der Waals surface area contributed by atoms with Crippen LogP contribution in [0.25, 0.3) is 0 Å². The number of carbonyl (C=O) groups excluding carboxylic acids is 1. The van der Waals surface area contributed by atoms with Crippen molar-refractivity contribution in [2.75, 3.05) is 26.7 Å². The number of nitrogens with zero attached hydrogens (tertiary/aromatic N) is 3. The first-order chi connectivity index (χ1) is 16.5. The molecule has 10 heteroatoms. The van der Waals surface area contributed by atoms with E-state index in [9.17, 15) is 23.4 Å². The van der Waals surface area contributed by atoms with Crippen LogP contribution in [0.4, 0.5) is 0 Å². The van der Waals surface area contributed by atoms with E-state index in [0.717, 1.165) is 0 Å². The van der Waals surface area contributed by atoms with Crippen LogP contribution in [0.3, 0.4) is 0 Å². The molecule has 1 amide bonds. The quantitative estimate of drug-likeness (QED) is 0.594. The van der Waals surface area contributed by atoms with E-state index in [0.29, 0.717) is 11.1 Å². The lowest BCUT2D eigenvalue weighted by Gasteiger charge is -2.37. The number of carbonyl (C=O) groups is 1. The van der Waals surface area contributed by atoms with Gasteiger partial charge in [-0.2, -0.15) is 4.31 Å². The first-order valence-corrected chi connectivity index (χ1v) is 12.8. The third-order valence-corrected chi connectivity index (χ3v) is 7.84. The van der Waals surface area contributed by atoms with Crippen molar-refractivity contribution < 1.29 is 28.2 Å². The van der Waals surface area contributed by atoms with Gasteiger partial charge in [-0.3, -0.25) is 9.78 Å². The molecule has 1 aliphatic rings. The second-order valence-electron chi connectivity index (χ2n) is 8.77. The number of hydrogen-bond donors (Lipinski definition) is 2. The lowest BCUT2D eigenvalue weighted by molar-refractivity contribution is 0.0563. The third kappa shape index (κ3) is 6.18. The maximum Gasteiger partial charge on any atom is 0.253 e. The number of pyridine rings is 1. The second-order valence-corrected chi connectivity index (χ2v) is 10.6. The minimum atomic E-state index is -3.98. The number of ether oxygens (including phenoxy) is 1. The zero-order valence-electron chi connectivity index (χ0n) is 20.2. The maximum absolute atomic E-state index is 13.5. The number of rotatable bonds is 5. The molecule has 35 heavy (non-hydrogen) atoms. The van der Waals surface area contributed by atoms with Gasteiger partial charge in [0.15, 0.2) is 0 Å². The van der Waals surface area contributed by atoms with E-state index in [2.05, 4.69) is 16.8 Å². The number of aliphatic hydroxyl groups excluding tert-OH is 2. The van der Waals surface area contributed by atoms with E-state index >= 15 is 0 Å². The summed E-state index contributed by atoms with van der Waals surface area (Å²) >= 11 is 0. The van der Waals surface area contributed by atoms with Gasteiger partial charge in [0.05, 0.1) is 13.2 Å². The molecule has 0 saturated heterocycles. The predicted molar refractivity (Wildman–Crippen MR) is 130 cm³/mol. The summed E-state index contributed by atoms with van der Waals surface area (Å²) in [5.41, 5.74) is 0.963. The molecule has 0 spiro atoms. The molecular formula is C25H31N3O6S. The van der Waals surface area contributed by atoms with Crippen LogP contribution in [0.5, 0.6) is 5.75 Å². The fourth-order valence-electron chi connectivity index (χ4n) is 3.78. The Morgan fingerprint density at radius 3 is 2.60 bits per heavy atom. The molecule has 188 valence electrons. The average Bonchev–Trinajstić information content (AvgIpc) is 2.84. The number of aliphatic hydroxyl groups is 2. The molecule has 2 heterocycles. The van der Waals surface area contributed by atoms with Crippen molar-refractivity contribution in [3.8, 4) is 17.6 Å². The van der Waals surface area contributed by atoms with Crippen LogP contribution >= 0.6 is 0 Å². The molecule has 2 N–H and O–H groups in total. The number of hydrogen-bond acceptors (Lipinski definition) is 7. The second kappa shape index (κ2) is 11.2. The van der Waals surface area contributed by atoms with Crippen LogP contribution in [0.15, 0.2) is 47.6 Å². The molecule has 1 aromatic carbocycles. The van der Waals surface area contributed by atoms with Gasteiger partial charge in [0.1, 0.15) is 22.9 Å². The van der Waals surface area contributed by atoms with E-state index < -0.39 is 28.3 Å². The van der Waals surface area contributed by atoms with Crippen LogP contribution in [0.2, 0.25) is 0 Å². The molecular weight excluding hydrogens is 470 g/mol. The summed E-state index contributed by atoms with van der Waals surface area (Å²) in [6.07, 6.45) is 1.69. The molecule has 3 rings (SSSR count). The van der Waals surface area contributed by atoms with Gasteiger partial charge in [0.2, 0.25) is 10.0 Å². The molecule has 2 aromatic rings. The largest absolute Gasteiger partial charge is 0.487 e. The van der Waals surface area contributed by atoms with Gasteiger partial charge in [0.25, 0.3) is 5.91 Å². The van der Waals surface area contributed by atoms with E-state index in [1.54, 1.807) is 44.6 Å². The summed E-state index contributed by atoms with van der Waals surface area (Å²) in [6.45, 7) is 4.99. The lowest BCUT2D eigenvalue weighted by Crippen LogP contribution is -2.50. The summed E-state index contributed by atoms with van der Waals surface area (Å²) in [4.78, 5) is 18.3. The monoisotopic (exact) mass is 501 g/mol. The van der Waals surface area contributed by atoms with Gasteiger partial charge in [-0.15, -0.1) is 0 Å². The summed E-state index contributed by atoms with van der Waals surface area (Å²) in [7, 11) is -2.32. The number of fused-ring (bicyclic) bond motifs is 1. The maximum atomic E-state index is 13.5. The Morgan fingerprint density at radius 1 is 1.29 bits per heavy atom. The highest BCUT2D eigenvalue weighted by atomic mass is 32.2. The third-order valence-electron chi connectivity index (χ3n) is 5.82. The molecule has 0 radical (unpaired) electrons. The smallest absolute Gasteiger partial charge is 0.253 e. The molecule has 1 aromatic heterocycles. The molecule has 0 bridgehead atoms. The van der Waals surface area contributed by atoms with Crippen molar-refractivity contribution in [1.29, 1.82) is 0 Å². The number of likely N-dealkylation sites (N-methyl/N-ethyl adjacent to an activating group) is 1. The number of amides is 1. The van der Waals surface area contributed by atoms with Gasteiger partial charge in [-0.1, -0.05) is 18.8 Å². The molecule has 4 atom stereocenters. The van der Waals surface area contributed by atoms with Crippen molar-refractivity contribution in [2.45, 2.75) is 43.9 Å². The predicted octanol–water partition coefficient (Wildman–Crippen LogP) is 1.35. The van der Waals surface area contributed by atoms with Crippen molar-refractivity contribution in [2.24, 2.45) is 5.92 Å². The van der Waals surface area contributed by atoms with Crippen LogP contribution in [-0.2, 0) is 10.0 Å². The summed E-state index contributed by atoms with van der Waals surface area (Å²) in [6, 6.07) is 7.10. The van der Waals surface area contributed by atoms with Gasteiger partial charge >= 0.3 is 0 Å². The van der Waals surface area contributed by atoms with E-state index in [-0.39, 0.29) is 42.2 Å². The van der Waals surface area contributed by atoms with Crippen molar-refractivity contribution >= 4 is 15.9 Å². The number of benzene rings is 1. The lowest BCUT2D eigenvalue weighted by atomic mass is 10.0. The Morgan fingerprint density at radius 2 is 1.97 bits per heavy atom. The SMILES string of the molecule is C[C@H](O)C#Cc1ccc2c(c1)O[C@H](CN(C)C(=O)c1ccncc1)[C@@H](C)CN([C@@H](C)CO)S2(=O)=O. The van der Waals surface area contributed by atoms with E-state index in [4.69, 9.17) is 4.74 Å². The molecule has 9 nitrogen and oxygen atoms in total. The Kier molecular flexibility index (Phi) is 8.51. The fraction of sp³-hybridized carbons (Fsp3) is 0.440. The molecule has 0 unspecified atom stereocenters. The minimum Gasteiger partial charge on any atom is -0.487 e. The normalized spacial score (nSPS) is 21.2. The van der Waals surface area contributed by atoms with Gasteiger partial charge in [-0.05, 0) is 44.2 Å². The Balaban J connectivity index is 2.02. The first-order valence-electron chi connectivity index (χ1n) is 11.3. The van der Waals surface area contributed by atoms with Crippen LogP contribution < -0.4 is 4.74 Å². The Hall–Kier alpha value is -2.97. The number of aromatic nitrogens is 1. The zero-order valence-corrected chi connectivity index (χ0v) is 21.1. The van der Waals surface area contributed by atoms with Gasteiger partial charge in [0, 0.05) is 49.1 Å². The van der Waals surface area contributed by atoms with Gasteiger partial charge in [-0.25, -0.2) is 8.42 Å². The fourth-order valence-corrected chi connectivity index (χ4v) is 5.60. The highest BCUT2D eigenvalue weighted by Gasteiger charge is 2.38. The van der Waals surface area contributed by atoms with Crippen molar-refractivity contribution in [3.05, 3.63) is 53.9 Å². The van der Waals surface area contributed by atoms with E-state index in [1.807, 2.05) is 6.92 Å². The number of sulfonamides is 1. The summed E-state index contributed by atoms with van der Waals surface area (Å²) in [5.74, 6) is 5.03. The summed E-state index contributed by atoms with van der Waals surface area (Å²) < 4.78 is 34.5. The Labute approximate surface area is 206 Å². The molecule has 0 saturated carbocycles. The van der Waals surface area contributed by atoms with Crippen molar-refractivity contribution in [3.63, 3.8) is 0 Å². The minimum absolute atomic E-state index is 0.0413. The zero-order chi connectivity index (χ0) is 25.8. The first kappa shape index (κ1) is 26.6. The topological polar surface area (TPSA) is 120 Å². The van der Waals surface area contributed by atoms with Gasteiger partial charge < -0.3 is 19.8 Å². The highest BCUT2D eigenvalue weighted by Crippen LogP contribution is 2.34. The van der Waals surface area contributed by atoms with E-state index in [1.165, 1.54) is 28.3 Å². The van der Waals surface area contributed by atoms with Crippen LogP contribution in [-0.4, -0.2) is 83.7 Å². The summed E-state index contributed by atoms with van der Waals surface area (Å²) in [5, 5.41) is 19.2. The average molecular weight is 502 g/mol. The molecule has 0 fully saturated rings. The Bertz CT molecular complexity index is 1210. The highest BCUT2D eigenvalue weighted by molar-refractivity contribution is 7.89. The molecule has 1 aliphatic heterocycles. The standard InChI is InChI=1S/C25H31N3O6S/c1-17-14-28(18(2)16-29)35(32,33)24-8-7-20(6-5-19(3)30)13-22(24)34-23(17)15-27(4)25(31)21-9-11-26-12-10-21/h7-13,17-19,23,29-30H,14-16H2,1-4H3/t17-,18-,19-,23+/m0/s1. The van der Waals surface area contributed by atoms with Crippen LogP contribution in [0, 0.1) is 17.8 Å².